The molecule has 0 saturated carbocycles. The van der Waals surface area contributed by atoms with Gasteiger partial charge in [-0.15, -0.1) is 5.10 Å². The fraction of sp³-hybridized carbons (Fsp3) is 0.500. The molecule has 24 heavy (non-hydrogen) atoms. The molecule has 0 aliphatic carbocycles. The Bertz CT molecular complexity index is 1060. The van der Waals surface area contributed by atoms with Gasteiger partial charge in [0.2, 0.25) is 5.89 Å². The lowest BCUT2D eigenvalue weighted by Gasteiger charge is -2.06. The van der Waals surface area contributed by atoms with Crippen LogP contribution in [0, 0.1) is 0 Å². The average Bonchev–Trinajstić information content (AvgIpc) is 3.15. The van der Waals surface area contributed by atoms with Gasteiger partial charge in [0.15, 0.2) is 11.2 Å². The Morgan fingerprint density at radius 2 is 1.88 bits per heavy atom. The third kappa shape index (κ3) is 2.49. The zero-order valence-corrected chi connectivity index (χ0v) is 13.7. The summed E-state index contributed by atoms with van der Waals surface area (Å²) in [4.78, 5) is 40.0. The fourth-order valence-corrected chi connectivity index (χ4v) is 2.59. The number of fused-ring (bicyclic) bond motifs is 1. The first kappa shape index (κ1) is 16.0. The number of nitrogens with zero attached hydrogens (tertiary/aromatic N) is 6. The Morgan fingerprint density at radius 3 is 2.54 bits per heavy atom. The first-order valence-corrected chi connectivity index (χ1v) is 7.61. The van der Waals surface area contributed by atoms with Crippen molar-refractivity contribution in [3.8, 4) is 0 Å². The smallest absolute Gasteiger partial charge is 0.392 e. The molecule has 3 aromatic rings. The Hall–Kier alpha value is -2.91. The topological polar surface area (TPSA) is 110 Å². The van der Waals surface area contributed by atoms with Crippen LogP contribution in [0.25, 0.3) is 11.2 Å². The summed E-state index contributed by atoms with van der Waals surface area (Å²) in [6.45, 7) is 2.69. The van der Waals surface area contributed by atoms with Gasteiger partial charge in [-0.25, -0.2) is 14.6 Å². The lowest BCUT2D eigenvalue weighted by Crippen LogP contribution is -2.37. The van der Waals surface area contributed by atoms with Crippen molar-refractivity contribution in [1.29, 1.82) is 0 Å². The zero-order chi connectivity index (χ0) is 17.4. The maximum absolute atomic E-state index is 12.3. The monoisotopic (exact) mass is 334 g/mol. The maximum atomic E-state index is 12.3. The van der Waals surface area contributed by atoms with Crippen LogP contribution in [-0.4, -0.2) is 28.5 Å². The lowest BCUT2D eigenvalue weighted by molar-refractivity contribution is 0.440. The van der Waals surface area contributed by atoms with Crippen LogP contribution in [-0.2, 0) is 33.6 Å². The van der Waals surface area contributed by atoms with Crippen LogP contribution in [0.4, 0.5) is 0 Å². The van der Waals surface area contributed by atoms with Crippen LogP contribution >= 0.6 is 0 Å². The van der Waals surface area contributed by atoms with E-state index < -0.39 is 17.0 Å². The van der Waals surface area contributed by atoms with Gasteiger partial charge in [-0.1, -0.05) is 6.92 Å². The van der Waals surface area contributed by atoms with Crippen molar-refractivity contribution in [3.05, 3.63) is 43.6 Å². The van der Waals surface area contributed by atoms with Gasteiger partial charge < -0.3 is 8.98 Å². The minimum Gasteiger partial charge on any atom is -0.392 e. The second kappa shape index (κ2) is 5.95. The number of hydrogen-bond acceptors (Lipinski definition) is 6. The van der Waals surface area contributed by atoms with E-state index >= 15 is 0 Å². The molecule has 0 saturated heterocycles. The molecule has 3 heterocycles. The Balaban J connectivity index is 1.86. The molecule has 0 amide bonds. The Kier molecular flexibility index (Phi) is 3.96. The van der Waals surface area contributed by atoms with Gasteiger partial charge >= 0.3 is 11.4 Å². The molecule has 0 aliphatic heterocycles. The van der Waals surface area contributed by atoms with E-state index in [1.165, 1.54) is 22.6 Å². The molecule has 0 aliphatic rings. The van der Waals surface area contributed by atoms with Gasteiger partial charge in [-0.05, 0) is 6.42 Å². The summed E-state index contributed by atoms with van der Waals surface area (Å²) in [5.41, 5.74) is -0.104. The van der Waals surface area contributed by atoms with Crippen molar-refractivity contribution in [3.63, 3.8) is 0 Å². The first-order chi connectivity index (χ1) is 11.4. The summed E-state index contributed by atoms with van der Waals surface area (Å²) in [5.74, 6) is -0.0856. The molecule has 0 aromatic carbocycles. The van der Waals surface area contributed by atoms with Gasteiger partial charge in [-0.2, -0.15) is 4.68 Å². The molecule has 0 radical (unpaired) electrons. The lowest BCUT2D eigenvalue weighted by atomic mass is 10.4. The van der Waals surface area contributed by atoms with E-state index in [0.717, 1.165) is 4.57 Å². The third-order valence-corrected chi connectivity index (χ3v) is 3.94. The second-order valence-electron chi connectivity index (χ2n) is 5.51. The second-order valence-corrected chi connectivity index (χ2v) is 5.51. The molecule has 3 aromatic heterocycles. The van der Waals surface area contributed by atoms with Crippen molar-refractivity contribution < 1.29 is 4.42 Å². The Morgan fingerprint density at radius 1 is 1.12 bits per heavy atom. The van der Waals surface area contributed by atoms with E-state index in [9.17, 15) is 14.4 Å². The molecule has 0 unspecified atom stereocenters. The number of rotatable bonds is 5. The van der Waals surface area contributed by atoms with E-state index in [-0.39, 0.29) is 0 Å². The van der Waals surface area contributed by atoms with Crippen LogP contribution in [0.1, 0.15) is 19.2 Å². The Labute approximate surface area is 135 Å². The third-order valence-electron chi connectivity index (χ3n) is 3.94. The number of aryl methyl sites for hydroxylation is 4. The van der Waals surface area contributed by atoms with E-state index in [0.29, 0.717) is 43.0 Å². The number of aromatic nitrogens is 6. The molecule has 0 spiro atoms. The predicted molar refractivity (Wildman–Crippen MR) is 85.0 cm³/mol. The highest BCUT2D eigenvalue weighted by molar-refractivity contribution is 5.69. The minimum atomic E-state index is -0.486. The summed E-state index contributed by atoms with van der Waals surface area (Å²) < 4.78 is 10.3. The fourth-order valence-electron chi connectivity index (χ4n) is 2.59. The number of hydrogen-bond donors (Lipinski definition) is 0. The van der Waals surface area contributed by atoms with Gasteiger partial charge in [0.25, 0.3) is 5.56 Å². The highest BCUT2D eigenvalue weighted by Crippen LogP contribution is 2.06. The summed E-state index contributed by atoms with van der Waals surface area (Å²) in [6, 6.07) is 0. The molecule has 128 valence electrons. The van der Waals surface area contributed by atoms with Crippen molar-refractivity contribution in [1.82, 2.24) is 28.5 Å². The van der Waals surface area contributed by atoms with E-state index in [1.807, 2.05) is 6.92 Å². The molecular formula is C14H18N6O4. The van der Waals surface area contributed by atoms with Gasteiger partial charge in [0, 0.05) is 33.6 Å². The van der Waals surface area contributed by atoms with Crippen LogP contribution < -0.4 is 17.0 Å². The van der Waals surface area contributed by atoms with Gasteiger partial charge in [0.05, 0.1) is 6.33 Å². The van der Waals surface area contributed by atoms with Crippen LogP contribution in [0.2, 0.25) is 0 Å². The molecule has 0 atom stereocenters. The molecule has 10 heteroatoms. The van der Waals surface area contributed by atoms with E-state index in [2.05, 4.69) is 10.1 Å². The van der Waals surface area contributed by atoms with Gasteiger partial charge in [-0.3, -0.25) is 13.9 Å². The van der Waals surface area contributed by atoms with Crippen molar-refractivity contribution in [2.75, 3.05) is 0 Å². The van der Waals surface area contributed by atoms with Crippen LogP contribution in [0.5, 0.6) is 0 Å². The summed E-state index contributed by atoms with van der Waals surface area (Å²) in [5, 5.41) is 4.07. The summed E-state index contributed by atoms with van der Waals surface area (Å²) in [7, 11) is 3.01. The van der Waals surface area contributed by atoms with Gasteiger partial charge in [0.1, 0.15) is 0 Å². The molecule has 0 N–H and O–H groups in total. The highest BCUT2D eigenvalue weighted by Gasteiger charge is 2.14. The number of imidazole rings is 1. The molecular weight excluding hydrogens is 316 g/mol. The van der Waals surface area contributed by atoms with Crippen LogP contribution in [0.15, 0.2) is 25.1 Å². The van der Waals surface area contributed by atoms with Crippen molar-refractivity contribution >= 4 is 11.2 Å². The first-order valence-electron chi connectivity index (χ1n) is 7.61. The molecule has 0 bridgehead atoms. The maximum Gasteiger partial charge on any atom is 0.437 e. The van der Waals surface area contributed by atoms with E-state index in [1.54, 1.807) is 11.6 Å². The molecule has 10 nitrogen and oxygen atoms in total. The highest BCUT2D eigenvalue weighted by atomic mass is 16.4. The molecule has 3 rings (SSSR count). The average molecular weight is 334 g/mol. The molecule has 0 fully saturated rings. The summed E-state index contributed by atoms with van der Waals surface area (Å²) in [6.07, 6.45) is 2.64. The minimum absolute atomic E-state index is 0.343. The van der Waals surface area contributed by atoms with Crippen molar-refractivity contribution in [2.45, 2.75) is 32.9 Å². The SMILES string of the molecule is CCc1nn(CCCn2cnc3c2c(=O)n(C)c(=O)n3C)c(=O)o1. The quantitative estimate of drug-likeness (QED) is 0.606. The zero-order valence-electron chi connectivity index (χ0n) is 13.7. The van der Waals surface area contributed by atoms with Crippen molar-refractivity contribution in [2.24, 2.45) is 14.1 Å². The summed E-state index contributed by atoms with van der Waals surface area (Å²) >= 11 is 0. The van der Waals surface area contributed by atoms with E-state index in [4.69, 9.17) is 4.42 Å². The van der Waals surface area contributed by atoms with Crippen LogP contribution in [0.3, 0.4) is 0 Å². The standard InChI is InChI=1S/C14H18N6O4/c1-4-9-16-20(14(23)24-9)7-5-6-19-8-15-11-10(19)12(21)18(3)13(22)17(11)2/h8H,4-7H2,1-3H3. The predicted octanol–water partition coefficient (Wildman–Crippen LogP) is -0.764. The largest absolute Gasteiger partial charge is 0.437 e. The normalized spacial score (nSPS) is 11.5.